The maximum atomic E-state index is 14.8. The summed E-state index contributed by atoms with van der Waals surface area (Å²) in [6.07, 6.45) is -3.53. The Morgan fingerprint density at radius 3 is 0.952 bits per heavy atom. The molecule has 0 amide bonds. The van der Waals surface area contributed by atoms with Gasteiger partial charge in [-0.05, 0) is 25.7 Å². The fourth-order valence-corrected chi connectivity index (χ4v) is 5.25. The average Bonchev–Trinajstić information content (AvgIpc) is 2.28. The molecule has 0 aliphatic heterocycles. The van der Waals surface area contributed by atoms with E-state index in [2.05, 4.69) is 0 Å². The second-order valence-corrected chi connectivity index (χ2v) is 8.17. The van der Waals surface area contributed by atoms with Crippen LogP contribution in [0.1, 0.15) is 53.4 Å². The average molecular weight is 356 g/mol. The molecule has 0 saturated heterocycles. The van der Waals surface area contributed by atoms with Crippen molar-refractivity contribution in [2.75, 3.05) is 0 Å². The summed E-state index contributed by atoms with van der Waals surface area (Å²) in [5, 5.41) is 0. The Kier molecular flexibility index (Phi) is 5.91. The largest absolute Gasteiger partial charge is 0.314 e. The molecule has 0 aromatic heterocycles. The van der Waals surface area contributed by atoms with E-state index in [0.717, 1.165) is 27.7 Å². The molecule has 0 N–H and O–H groups in total. The van der Waals surface area contributed by atoms with Gasteiger partial charge in [-0.1, -0.05) is 27.7 Å². The second kappa shape index (κ2) is 6.02. The number of rotatable bonds is 8. The standard InChI is InChI=1S/C11H20F4O4S2/c1-5-9(6-2,20(14,16)17)11(12,13)10(7-3,8-4)21(15,18)19/h5-8H2,1-4H3. The Labute approximate surface area is 123 Å². The predicted octanol–water partition coefficient (Wildman–Crippen LogP) is 3.34. The van der Waals surface area contributed by atoms with Crippen LogP contribution in [-0.2, 0) is 20.4 Å². The number of hydrogen-bond donors (Lipinski definition) is 0. The summed E-state index contributed by atoms with van der Waals surface area (Å²) in [5.74, 6) is -4.63. The van der Waals surface area contributed by atoms with Gasteiger partial charge in [-0.15, -0.1) is 7.77 Å². The fourth-order valence-electron chi connectivity index (χ4n) is 2.80. The van der Waals surface area contributed by atoms with E-state index in [1.165, 1.54) is 0 Å². The molecule has 0 saturated carbocycles. The summed E-state index contributed by atoms with van der Waals surface area (Å²) in [5.41, 5.74) is 0. The van der Waals surface area contributed by atoms with Gasteiger partial charge in [-0.3, -0.25) is 0 Å². The monoisotopic (exact) mass is 356 g/mol. The SMILES string of the molecule is CCC(CC)(C(F)(F)C(CC)(CC)S(=O)(=O)F)S(=O)(=O)F. The van der Waals surface area contributed by atoms with Crippen LogP contribution in [-0.4, -0.2) is 32.3 Å². The number of hydrogen-bond acceptors (Lipinski definition) is 4. The highest BCUT2D eigenvalue weighted by Gasteiger charge is 2.74. The molecule has 0 fully saturated rings. The topological polar surface area (TPSA) is 68.3 Å². The Hall–Kier alpha value is -0.380. The third-order valence-electron chi connectivity index (χ3n) is 4.36. The molecule has 128 valence electrons. The first-order valence-corrected chi connectivity index (χ1v) is 9.27. The normalized spacial score (nSPS) is 15.2. The van der Waals surface area contributed by atoms with Gasteiger partial charge in [-0.2, -0.15) is 16.8 Å². The minimum Gasteiger partial charge on any atom is -0.203 e. The first-order chi connectivity index (χ1) is 9.24. The zero-order chi connectivity index (χ0) is 17.3. The molecule has 0 aliphatic carbocycles. The minimum atomic E-state index is -5.83. The van der Waals surface area contributed by atoms with E-state index in [1.807, 2.05) is 0 Å². The Balaban J connectivity index is 6.77. The van der Waals surface area contributed by atoms with Gasteiger partial charge in [-0.25, -0.2) is 8.78 Å². The van der Waals surface area contributed by atoms with E-state index >= 15 is 0 Å². The van der Waals surface area contributed by atoms with Crippen molar-refractivity contribution in [3.8, 4) is 0 Å². The highest BCUT2D eigenvalue weighted by molar-refractivity contribution is 7.89. The molecule has 0 atom stereocenters. The van der Waals surface area contributed by atoms with Gasteiger partial charge >= 0.3 is 20.4 Å². The zero-order valence-electron chi connectivity index (χ0n) is 12.3. The van der Waals surface area contributed by atoms with Crippen LogP contribution in [0.15, 0.2) is 0 Å². The lowest BCUT2D eigenvalue weighted by atomic mass is 9.81. The van der Waals surface area contributed by atoms with Gasteiger partial charge in [0.25, 0.3) is 5.92 Å². The summed E-state index contributed by atoms with van der Waals surface area (Å²) in [6.45, 7) is 3.98. The maximum Gasteiger partial charge on any atom is 0.314 e. The quantitative estimate of drug-likeness (QED) is 0.494. The molecule has 0 aromatic rings. The highest BCUT2D eigenvalue weighted by Crippen LogP contribution is 2.54. The molecular weight excluding hydrogens is 336 g/mol. The lowest BCUT2D eigenvalue weighted by molar-refractivity contribution is -0.0891. The third-order valence-corrected chi connectivity index (χ3v) is 7.90. The molecule has 4 nitrogen and oxygen atoms in total. The van der Waals surface area contributed by atoms with Crippen molar-refractivity contribution >= 4 is 20.4 Å². The van der Waals surface area contributed by atoms with Gasteiger partial charge in [0.15, 0.2) is 9.49 Å². The lowest BCUT2D eigenvalue weighted by Gasteiger charge is -2.44. The van der Waals surface area contributed by atoms with Crippen molar-refractivity contribution in [1.82, 2.24) is 0 Å². The number of halogens is 4. The van der Waals surface area contributed by atoms with Crippen LogP contribution < -0.4 is 0 Å². The van der Waals surface area contributed by atoms with E-state index in [9.17, 15) is 33.4 Å². The smallest absolute Gasteiger partial charge is 0.203 e. The fraction of sp³-hybridized carbons (Fsp3) is 1.00. The Bertz CT molecular complexity index is 511. The minimum absolute atomic E-state index is 0.882. The van der Waals surface area contributed by atoms with Gasteiger partial charge in [0.1, 0.15) is 0 Å². The molecule has 0 rings (SSSR count). The van der Waals surface area contributed by atoms with Crippen molar-refractivity contribution in [2.45, 2.75) is 68.8 Å². The van der Waals surface area contributed by atoms with E-state index in [0.29, 0.717) is 0 Å². The summed E-state index contributed by atoms with van der Waals surface area (Å²) in [6, 6.07) is 0. The van der Waals surface area contributed by atoms with E-state index in [-0.39, 0.29) is 0 Å². The third kappa shape index (κ3) is 2.69. The molecule has 0 spiro atoms. The summed E-state index contributed by atoms with van der Waals surface area (Å²) in [7, 11) is -11.7. The molecule has 0 unspecified atom stereocenters. The van der Waals surface area contributed by atoms with Gasteiger partial charge in [0, 0.05) is 0 Å². The first-order valence-electron chi connectivity index (χ1n) is 6.50. The van der Waals surface area contributed by atoms with E-state index < -0.39 is 61.5 Å². The summed E-state index contributed by atoms with van der Waals surface area (Å²) in [4.78, 5) is 0. The second-order valence-electron chi connectivity index (χ2n) is 4.85. The zero-order valence-corrected chi connectivity index (χ0v) is 13.9. The summed E-state index contributed by atoms with van der Waals surface area (Å²) >= 11 is 0. The molecule has 0 bridgehead atoms. The van der Waals surface area contributed by atoms with Gasteiger partial charge < -0.3 is 0 Å². The van der Waals surface area contributed by atoms with Crippen LogP contribution in [0.25, 0.3) is 0 Å². The van der Waals surface area contributed by atoms with Crippen molar-refractivity contribution in [3.63, 3.8) is 0 Å². The molecular formula is C11H20F4O4S2. The maximum absolute atomic E-state index is 14.8. The molecule has 0 heterocycles. The molecule has 21 heavy (non-hydrogen) atoms. The molecule has 10 heteroatoms. The van der Waals surface area contributed by atoms with Crippen molar-refractivity contribution in [3.05, 3.63) is 0 Å². The van der Waals surface area contributed by atoms with Crippen molar-refractivity contribution in [1.29, 1.82) is 0 Å². The van der Waals surface area contributed by atoms with Crippen LogP contribution in [0.2, 0.25) is 0 Å². The van der Waals surface area contributed by atoms with E-state index in [4.69, 9.17) is 0 Å². The predicted molar refractivity (Wildman–Crippen MR) is 71.6 cm³/mol. The van der Waals surface area contributed by atoms with Crippen LogP contribution >= 0.6 is 0 Å². The summed E-state index contributed by atoms with van der Waals surface area (Å²) < 4.78 is 95.4. The van der Waals surface area contributed by atoms with Crippen molar-refractivity contribution < 1.29 is 33.4 Å². The molecule has 0 aromatic carbocycles. The lowest BCUT2D eigenvalue weighted by Crippen LogP contribution is -2.66. The molecule has 0 aliphatic rings. The Morgan fingerprint density at radius 1 is 0.667 bits per heavy atom. The highest BCUT2D eigenvalue weighted by atomic mass is 32.3. The van der Waals surface area contributed by atoms with Crippen LogP contribution in [0, 0.1) is 0 Å². The number of alkyl halides is 2. The Morgan fingerprint density at radius 2 is 0.857 bits per heavy atom. The van der Waals surface area contributed by atoms with Gasteiger partial charge in [0.2, 0.25) is 0 Å². The first kappa shape index (κ1) is 20.6. The van der Waals surface area contributed by atoms with Crippen molar-refractivity contribution in [2.24, 2.45) is 0 Å². The van der Waals surface area contributed by atoms with Crippen LogP contribution in [0.5, 0.6) is 0 Å². The van der Waals surface area contributed by atoms with E-state index in [1.54, 1.807) is 0 Å². The van der Waals surface area contributed by atoms with Crippen LogP contribution in [0.4, 0.5) is 16.6 Å². The molecule has 0 radical (unpaired) electrons. The van der Waals surface area contributed by atoms with Gasteiger partial charge in [0.05, 0.1) is 0 Å². The van der Waals surface area contributed by atoms with Crippen LogP contribution in [0.3, 0.4) is 0 Å².